The number of hydrogen-bond acceptors (Lipinski definition) is 5. The summed E-state index contributed by atoms with van der Waals surface area (Å²) in [6.45, 7) is 4.60. The predicted molar refractivity (Wildman–Crippen MR) is 133 cm³/mol. The van der Waals surface area contributed by atoms with E-state index >= 15 is 0 Å². The van der Waals surface area contributed by atoms with Crippen LogP contribution in [0.5, 0.6) is 11.5 Å². The molecule has 7 nitrogen and oxygen atoms in total. The summed E-state index contributed by atoms with van der Waals surface area (Å²) in [7, 11) is 0. The van der Waals surface area contributed by atoms with E-state index in [-0.39, 0.29) is 11.8 Å². The van der Waals surface area contributed by atoms with E-state index < -0.39 is 0 Å². The lowest BCUT2D eigenvalue weighted by atomic mass is 9.99. The number of carbonyl (C=O) groups is 2. The van der Waals surface area contributed by atoms with Gasteiger partial charge in [0.05, 0.1) is 19.8 Å². The van der Waals surface area contributed by atoms with E-state index in [0.29, 0.717) is 62.8 Å². The maximum Gasteiger partial charge on any atom is 0.251 e. The third kappa shape index (κ3) is 6.83. The minimum atomic E-state index is -0.169. The molecule has 0 radical (unpaired) electrons. The number of rotatable bonds is 5. The van der Waals surface area contributed by atoms with E-state index in [2.05, 4.69) is 10.6 Å². The Morgan fingerprint density at radius 2 is 1.89 bits per heavy atom. The van der Waals surface area contributed by atoms with Crippen LogP contribution in [-0.4, -0.2) is 44.8 Å². The van der Waals surface area contributed by atoms with Gasteiger partial charge in [-0.1, -0.05) is 24.3 Å². The molecule has 7 heteroatoms. The average Bonchev–Trinajstić information content (AvgIpc) is 2.88. The van der Waals surface area contributed by atoms with Gasteiger partial charge in [0.15, 0.2) is 0 Å². The standard InChI is InChI=1S/C28H30N2O5/c1-2-34-25-9-6-20(7-10-25)19-30-28(32)23-8-11-26-24(18-23)17-21-4-3-5-22(16-21)27(31)29-12-13-33-14-15-35-26/h3-11,16,18H,2,12-15,17,19H2,1H3,(H,29,31)(H,30,32). The van der Waals surface area contributed by atoms with Gasteiger partial charge in [0, 0.05) is 30.6 Å². The number of amides is 2. The minimum Gasteiger partial charge on any atom is -0.494 e. The summed E-state index contributed by atoms with van der Waals surface area (Å²) < 4.78 is 17.0. The highest BCUT2D eigenvalue weighted by atomic mass is 16.5. The number of nitrogens with one attached hydrogen (secondary N) is 2. The van der Waals surface area contributed by atoms with Crippen LogP contribution in [0.1, 0.15) is 44.3 Å². The first kappa shape index (κ1) is 24.3. The third-order valence-corrected chi connectivity index (χ3v) is 5.61. The molecule has 2 bridgehead atoms. The lowest BCUT2D eigenvalue weighted by Crippen LogP contribution is -2.28. The van der Waals surface area contributed by atoms with Crippen LogP contribution in [0.2, 0.25) is 0 Å². The Kier molecular flexibility index (Phi) is 8.35. The normalized spacial score (nSPS) is 14.0. The molecule has 0 atom stereocenters. The fourth-order valence-corrected chi connectivity index (χ4v) is 3.85. The second-order valence-corrected chi connectivity index (χ2v) is 8.18. The lowest BCUT2D eigenvalue weighted by molar-refractivity contribution is 0.0865. The van der Waals surface area contributed by atoms with Crippen molar-refractivity contribution >= 4 is 11.8 Å². The van der Waals surface area contributed by atoms with E-state index in [9.17, 15) is 9.59 Å². The van der Waals surface area contributed by atoms with E-state index in [1.807, 2.05) is 61.5 Å². The van der Waals surface area contributed by atoms with E-state index in [1.54, 1.807) is 12.1 Å². The predicted octanol–water partition coefficient (Wildman–Crippen LogP) is 3.74. The Balaban J connectivity index is 1.51. The molecule has 2 N–H and O–H groups in total. The highest BCUT2D eigenvalue weighted by Gasteiger charge is 2.14. The summed E-state index contributed by atoms with van der Waals surface area (Å²) in [4.78, 5) is 25.3. The second kappa shape index (κ2) is 12.0. The summed E-state index contributed by atoms with van der Waals surface area (Å²) in [6.07, 6.45) is 0.525. The molecule has 0 unspecified atom stereocenters. The van der Waals surface area contributed by atoms with Crippen molar-refractivity contribution in [2.75, 3.05) is 33.0 Å². The zero-order valence-corrected chi connectivity index (χ0v) is 19.8. The van der Waals surface area contributed by atoms with Gasteiger partial charge in [-0.3, -0.25) is 9.59 Å². The molecular weight excluding hydrogens is 444 g/mol. The van der Waals surface area contributed by atoms with Crippen LogP contribution in [0, 0.1) is 0 Å². The van der Waals surface area contributed by atoms with Crippen molar-refractivity contribution in [2.45, 2.75) is 19.9 Å². The van der Waals surface area contributed by atoms with E-state index in [4.69, 9.17) is 14.2 Å². The molecule has 0 fully saturated rings. The molecule has 0 aliphatic carbocycles. The summed E-state index contributed by atoms with van der Waals surface area (Å²) in [6, 6.07) is 20.6. The van der Waals surface area contributed by atoms with E-state index in [1.165, 1.54) is 0 Å². The quantitative estimate of drug-likeness (QED) is 0.588. The lowest BCUT2D eigenvalue weighted by Gasteiger charge is -2.15. The van der Waals surface area contributed by atoms with Crippen LogP contribution in [0.25, 0.3) is 0 Å². The molecular formula is C28H30N2O5. The monoisotopic (exact) mass is 474 g/mol. The first-order valence-electron chi connectivity index (χ1n) is 11.8. The van der Waals surface area contributed by atoms with Gasteiger partial charge in [-0.15, -0.1) is 0 Å². The number of hydrogen-bond donors (Lipinski definition) is 2. The van der Waals surface area contributed by atoms with Crippen molar-refractivity contribution < 1.29 is 23.8 Å². The SMILES string of the molecule is CCOc1ccc(CNC(=O)c2ccc3c(c2)Cc2cccc(c2)C(=O)NCCOCCO3)cc1. The van der Waals surface area contributed by atoms with Crippen molar-refractivity contribution in [3.63, 3.8) is 0 Å². The van der Waals surface area contributed by atoms with Crippen LogP contribution < -0.4 is 20.1 Å². The first-order chi connectivity index (χ1) is 17.1. The smallest absolute Gasteiger partial charge is 0.251 e. The molecule has 0 saturated carbocycles. The summed E-state index contributed by atoms with van der Waals surface area (Å²) in [5, 5.41) is 5.84. The Hall–Kier alpha value is -3.84. The zero-order valence-electron chi connectivity index (χ0n) is 19.8. The van der Waals surface area contributed by atoms with Gasteiger partial charge in [-0.25, -0.2) is 0 Å². The van der Waals surface area contributed by atoms with Crippen molar-refractivity contribution in [2.24, 2.45) is 0 Å². The topological polar surface area (TPSA) is 85.9 Å². The molecule has 3 aromatic carbocycles. The van der Waals surface area contributed by atoms with Crippen molar-refractivity contribution in [3.05, 3.63) is 94.5 Å². The van der Waals surface area contributed by atoms with Gasteiger partial charge >= 0.3 is 0 Å². The van der Waals surface area contributed by atoms with Crippen LogP contribution in [-0.2, 0) is 17.7 Å². The van der Waals surface area contributed by atoms with Gasteiger partial charge in [-0.2, -0.15) is 0 Å². The van der Waals surface area contributed by atoms with Crippen molar-refractivity contribution in [1.82, 2.24) is 10.6 Å². The fourth-order valence-electron chi connectivity index (χ4n) is 3.85. The highest BCUT2D eigenvalue weighted by molar-refractivity contribution is 5.95. The Bertz CT molecular complexity index is 1160. The largest absolute Gasteiger partial charge is 0.494 e. The molecule has 1 aliphatic heterocycles. The Morgan fingerprint density at radius 1 is 1.03 bits per heavy atom. The Morgan fingerprint density at radius 3 is 2.71 bits per heavy atom. The van der Waals surface area contributed by atoms with Crippen LogP contribution in [0.15, 0.2) is 66.7 Å². The maximum absolute atomic E-state index is 12.9. The summed E-state index contributed by atoms with van der Waals surface area (Å²) >= 11 is 0. The maximum atomic E-state index is 12.9. The van der Waals surface area contributed by atoms with E-state index in [0.717, 1.165) is 22.4 Å². The third-order valence-electron chi connectivity index (χ3n) is 5.61. The summed E-state index contributed by atoms with van der Waals surface area (Å²) in [5.41, 5.74) is 3.95. The fraction of sp³-hybridized carbons (Fsp3) is 0.286. The first-order valence-corrected chi connectivity index (χ1v) is 11.8. The molecule has 1 aliphatic rings. The molecule has 182 valence electrons. The van der Waals surface area contributed by atoms with Gasteiger partial charge < -0.3 is 24.8 Å². The number of ether oxygens (including phenoxy) is 3. The molecule has 2 amide bonds. The van der Waals surface area contributed by atoms with Gasteiger partial charge in [0.25, 0.3) is 11.8 Å². The number of benzene rings is 3. The zero-order chi connectivity index (χ0) is 24.5. The van der Waals surface area contributed by atoms with Crippen LogP contribution >= 0.6 is 0 Å². The second-order valence-electron chi connectivity index (χ2n) is 8.18. The van der Waals surface area contributed by atoms with Gasteiger partial charge in [0.1, 0.15) is 18.1 Å². The van der Waals surface area contributed by atoms with Gasteiger partial charge in [-0.05, 0) is 66.1 Å². The molecule has 1 heterocycles. The highest BCUT2D eigenvalue weighted by Crippen LogP contribution is 2.24. The average molecular weight is 475 g/mol. The minimum absolute atomic E-state index is 0.133. The van der Waals surface area contributed by atoms with Crippen LogP contribution in [0.3, 0.4) is 0 Å². The molecule has 4 rings (SSSR count). The summed E-state index contributed by atoms with van der Waals surface area (Å²) in [5.74, 6) is 1.20. The molecule has 0 spiro atoms. The molecule has 0 saturated heterocycles. The molecule has 0 aromatic heterocycles. The molecule has 35 heavy (non-hydrogen) atoms. The Labute approximate surface area is 205 Å². The number of carbonyl (C=O) groups excluding carboxylic acids is 2. The molecule has 3 aromatic rings. The van der Waals surface area contributed by atoms with Crippen molar-refractivity contribution in [3.8, 4) is 11.5 Å². The van der Waals surface area contributed by atoms with Crippen LogP contribution in [0.4, 0.5) is 0 Å². The number of fused-ring (bicyclic) bond motifs is 3. The van der Waals surface area contributed by atoms with Crippen molar-refractivity contribution in [1.29, 1.82) is 0 Å². The van der Waals surface area contributed by atoms with Gasteiger partial charge in [0.2, 0.25) is 0 Å².